The van der Waals surface area contributed by atoms with E-state index in [1.165, 1.54) is 6.92 Å². The van der Waals surface area contributed by atoms with Gasteiger partial charge in [0.15, 0.2) is 0 Å². The van der Waals surface area contributed by atoms with Gasteiger partial charge in [-0.3, -0.25) is 0 Å². The highest BCUT2D eigenvalue weighted by Crippen LogP contribution is 2.17. The second kappa shape index (κ2) is 6.19. The molecule has 0 aromatic heterocycles. The molecule has 0 radical (unpaired) electrons. The fourth-order valence-electron chi connectivity index (χ4n) is 1.03. The summed E-state index contributed by atoms with van der Waals surface area (Å²) in [6.45, 7) is 3.91. The molecule has 0 spiro atoms. The summed E-state index contributed by atoms with van der Waals surface area (Å²) in [4.78, 5) is 0. The SMILES string of the molecule is C=C(CC[C@H](O)[C@@](C)(O)CO)C(O)CO. The molecule has 0 aromatic carbocycles. The van der Waals surface area contributed by atoms with Crippen molar-refractivity contribution >= 4 is 0 Å². The van der Waals surface area contributed by atoms with Crippen molar-refractivity contribution in [2.45, 2.75) is 37.6 Å². The van der Waals surface area contributed by atoms with E-state index in [9.17, 15) is 10.2 Å². The normalized spacial score (nSPS) is 19.3. The van der Waals surface area contributed by atoms with Gasteiger partial charge in [-0.15, -0.1) is 0 Å². The lowest BCUT2D eigenvalue weighted by molar-refractivity contribution is -0.0946. The van der Waals surface area contributed by atoms with Crippen LogP contribution in [0.15, 0.2) is 12.2 Å². The number of rotatable bonds is 7. The average Bonchev–Trinajstić information content (AvgIpc) is 2.23. The van der Waals surface area contributed by atoms with E-state index >= 15 is 0 Å². The van der Waals surface area contributed by atoms with Gasteiger partial charge in [-0.1, -0.05) is 6.58 Å². The van der Waals surface area contributed by atoms with Gasteiger partial charge in [0.25, 0.3) is 0 Å². The molecule has 90 valence electrons. The van der Waals surface area contributed by atoms with Crippen LogP contribution in [0.25, 0.3) is 0 Å². The zero-order valence-corrected chi connectivity index (χ0v) is 8.93. The molecule has 0 heterocycles. The average molecular weight is 220 g/mol. The first-order valence-corrected chi connectivity index (χ1v) is 4.83. The van der Waals surface area contributed by atoms with Crippen molar-refractivity contribution in [3.8, 4) is 0 Å². The number of aliphatic hydroxyl groups excluding tert-OH is 4. The van der Waals surface area contributed by atoms with Crippen molar-refractivity contribution in [1.82, 2.24) is 0 Å². The fourth-order valence-corrected chi connectivity index (χ4v) is 1.03. The van der Waals surface area contributed by atoms with E-state index < -0.39 is 31.0 Å². The standard InChI is InChI=1S/C10H20O5/c1-7(8(13)5-11)3-4-9(14)10(2,15)6-12/h8-9,11-15H,1,3-6H2,2H3/t8?,9-,10-/m0/s1. The highest BCUT2D eigenvalue weighted by Gasteiger charge is 2.29. The molecule has 15 heavy (non-hydrogen) atoms. The molecule has 0 aliphatic rings. The molecule has 5 N–H and O–H groups in total. The topological polar surface area (TPSA) is 101 Å². The van der Waals surface area contributed by atoms with Gasteiger partial charge < -0.3 is 25.5 Å². The molecule has 0 amide bonds. The van der Waals surface area contributed by atoms with E-state index in [0.717, 1.165) is 0 Å². The van der Waals surface area contributed by atoms with Crippen molar-refractivity contribution < 1.29 is 25.5 Å². The lowest BCUT2D eigenvalue weighted by Gasteiger charge is -2.27. The summed E-state index contributed by atoms with van der Waals surface area (Å²) < 4.78 is 0. The van der Waals surface area contributed by atoms with Crippen molar-refractivity contribution in [3.05, 3.63) is 12.2 Å². The third kappa shape index (κ3) is 4.72. The molecular formula is C10H20O5. The Balaban J connectivity index is 4.01. The van der Waals surface area contributed by atoms with E-state index in [4.69, 9.17) is 15.3 Å². The van der Waals surface area contributed by atoms with E-state index in [1.54, 1.807) is 0 Å². The Morgan fingerprint density at radius 2 is 1.87 bits per heavy atom. The molecular weight excluding hydrogens is 200 g/mol. The molecule has 0 aliphatic carbocycles. The smallest absolute Gasteiger partial charge is 0.111 e. The van der Waals surface area contributed by atoms with E-state index in [1.807, 2.05) is 0 Å². The van der Waals surface area contributed by atoms with Gasteiger partial charge in [-0.2, -0.15) is 0 Å². The first-order valence-electron chi connectivity index (χ1n) is 4.83. The van der Waals surface area contributed by atoms with Gasteiger partial charge in [0.2, 0.25) is 0 Å². The van der Waals surface area contributed by atoms with Gasteiger partial charge in [0.05, 0.1) is 25.4 Å². The third-order valence-corrected chi connectivity index (χ3v) is 2.42. The first-order chi connectivity index (χ1) is 6.85. The Labute approximate surface area is 89.3 Å². The van der Waals surface area contributed by atoms with Crippen molar-refractivity contribution in [2.75, 3.05) is 13.2 Å². The minimum absolute atomic E-state index is 0.170. The summed E-state index contributed by atoms with van der Waals surface area (Å²) in [5.41, 5.74) is -1.16. The molecule has 0 fully saturated rings. The zero-order chi connectivity index (χ0) is 12.1. The minimum Gasteiger partial charge on any atom is -0.393 e. The van der Waals surface area contributed by atoms with Gasteiger partial charge >= 0.3 is 0 Å². The van der Waals surface area contributed by atoms with Crippen LogP contribution < -0.4 is 0 Å². The predicted octanol–water partition coefficient (Wildman–Crippen LogP) is -1.22. The van der Waals surface area contributed by atoms with Crippen LogP contribution in [0.5, 0.6) is 0 Å². The van der Waals surface area contributed by atoms with Crippen LogP contribution in [0.1, 0.15) is 19.8 Å². The maximum Gasteiger partial charge on any atom is 0.111 e. The van der Waals surface area contributed by atoms with Crippen LogP contribution >= 0.6 is 0 Å². The second-order valence-corrected chi connectivity index (χ2v) is 3.93. The summed E-state index contributed by atoms with van der Waals surface area (Å²) in [6.07, 6.45) is -1.65. The third-order valence-electron chi connectivity index (χ3n) is 2.42. The van der Waals surface area contributed by atoms with Crippen LogP contribution in [0, 0.1) is 0 Å². The van der Waals surface area contributed by atoms with E-state index in [2.05, 4.69) is 6.58 Å². The molecule has 0 bridgehead atoms. The van der Waals surface area contributed by atoms with Crippen LogP contribution in [-0.4, -0.2) is 56.6 Å². The zero-order valence-electron chi connectivity index (χ0n) is 8.93. The molecule has 0 saturated heterocycles. The maximum atomic E-state index is 9.49. The maximum absolute atomic E-state index is 9.49. The molecule has 0 aromatic rings. The summed E-state index contributed by atoms with van der Waals surface area (Å²) in [5, 5.41) is 45.5. The molecule has 0 rings (SSSR count). The summed E-state index contributed by atoms with van der Waals surface area (Å²) in [6, 6.07) is 0. The van der Waals surface area contributed by atoms with Gasteiger partial charge in [0.1, 0.15) is 5.60 Å². The summed E-state index contributed by atoms with van der Waals surface area (Å²) >= 11 is 0. The van der Waals surface area contributed by atoms with Crippen molar-refractivity contribution in [2.24, 2.45) is 0 Å². The Kier molecular flexibility index (Phi) is 6.00. The Bertz CT molecular complexity index is 202. The molecule has 5 heteroatoms. The van der Waals surface area contributed by atoms with Gasteiger partial charge in [0, 0.05) is 0 Å². The molecule has 0 aliphatic heterocycles. The van der Waals surface area contributed by atoms with Gasteiger partial charge in [-0.25, -0.2) is 0 Å². The highest BCUT2D eigenvalue weighted by atomic mass is 16.4. The fraction of sp³-hybridized carbons (Fsp3) is 0.800. The Hall–Kier alpha value is -0.460. The molecule has 5 nitrogen and oxygen atoms in total. The minimum atomic E-state index is -1.55. The lowest BCUT2D eigenvalue weighted by atomic mass is 9.93. The number of hydrogen-bond donors (Lipinski definition) is 5. The lowest BCUT2D eigenvalue weighted by Crippen LogP contribution is -2.42. The first kappa shape index (κ1) is 14.5. The largest absolute Gasteiger partial charge is 0.393 e. The van der Waals surface area contributed by atoms with Crippen LogP contribution in [0.2, 0.25) is 0 Å². The molecule has 1 unspecified atom stereocenters. The monoisotopic (exact) mass is 220 g/mol. The quantitative estimate of drug-likeness (QED) is 0.346. The Morgan fingerprint density at radius 3 is 2.27 bits per heavy atom. The highest BCUT2D eigenvalue weighted by molar-refractivity contribution is 5.02. The predicted molar refractivity (Wildman–Crippen MR) is 55.2 cm³/mol. The number of hydrogen-bond acceptors (Lipinski definition) is 5. The van der Waals surface area contributed by atoms with Crippen LogP contribution in [0.4, 0.5) is 0 Å². The second-order valence-electron chi connectivity index (χ2n) is 3.93. The molecule has 3 atom stereocenters. The number of aliphatic hydroxyl groups is 5. The van der Waals surface area contributed by atoms with Crippen molar-refractivity contribution in [1.29, 1.82) is 0 Å². The Morgan fingerprint density at radius 1 is 1.33 bits per heavy atom. The van der Waals surface area contributed by atoms with Crippen LogP contribution in [-0.2, 0) is 0 Å². The summed E-state index contributed by atoms with van der Waals surface area (Å²) in [5.74, 6) is 0. The van der Waals surface area contributed by atoms with Crippen molar-refractivity contribution in [3.63, 3.8) is 0 Å². The van der Waals surface area contributed by atoms with Crippen LogP contribution in [0.3, 0.4) is 0 Å². The summed E-state index contributed by atoms with van der Waals surface area (Å²) in [7, 11) is 0. The molecule has 0 saturated carbocycles. The van der Waals surface area contributed by atoms with E-state index in [0.29, 0.717) is 5.57 Å². The van der Waals surface area contributed by atoms with Gasteiger partial charge in [-0.05, 0) is 25.3 Å². The van der Waals surface area contributed by atoms with E-state index in [-0.39, 0.29) is 12.8 Å².